The van der Waals surface area contributed by atoms with Crippen molar-refractivity contribution in [2.75, 3.05) is 6.61 Å². The highest BCUT2D eigenvalue weighted by Crippen LogP contribution is 2.31. The van der Waals surface area contributed by atoms with E-state index in [9.17, 15) is 0 Å². The first kappa shape index (κ1) is 12.5. The number of ether oxygens (including phenoxy) is 2. The van der Waals surface area contributed by atoms with Crippen molar-refractivity contribution in [2.45, 2.75) is 44.8 Å². The van der Waals surface area contributed by atoms with Gasteiger partial charge < -0.3 is 14.7 Å². The Bertz CT molecular complexity index is 498. The van der Waals surface area contributed by atoms with Crippen molar-refractivity contribution < 1.29 is 14.7 Å². The normalized spacial score (nSPS) is 27.7. The van der Waals surface area contributed by atoms with E-state index in [4.69, 9.17) is 14.7 Å². The average Bonchev–Trinajstić information content (AvgIpc) is 3.02. The Morgan fingerprint density at radius 2 is 2.26 bits per heavy atom. The Balaban J connectivity index is 1.71. The molecule has 1 aliphatic heterocycles. The number of benzene rings is 1. The summed E-state index contributed by atoms with van der Waals surface area (Å²) in [5.74, 6) is 0.902. The van der Waals surface area contributed by atoms with Crippen molar-refractivity contribution in [1.29, 1.82) is 0 Å². The zero-order valence-electron chi connectivity index (χ0n) is 11.1. The number of fused-ring (bicyclic) bond motifs is 1. The highest BCUT2D eigenvalue weighted by atomic mass is 16.5. The molecule has 0 bridgehead atoms. The van der Waals surface area contributed by atoms with Gasteiger partial charge in [0.2, 0.25) is 0 Å². The number of rotatable bonds is 3. The third kappa shape index (κ3) is 2.45. The molecule has 0 spiro atoms. The molecule has 1 heterocycles. The van der Waals surface area contributed by atoms with Crippen LogP contribution in [0.15, 0.2) is 23.4 Å². The number of hydrogen-bond donors (Lipinski definition) is 1. The van der Waals surface area contributed by atoms with Gasteiger partial charge in [-0.25, -0.2) is 0 Å². The van der Waals surface area contributed by atoms with Crippen LogP contribution in [-0.4, -0.2) is 29.7 Å². The molecule has 19 heavy (non-hydrogen) atoms. The molecule has 0 amide bonds. The summed E-state index contributed by atoms with van der Waals surface area (Å²) in [5.41, 5.74) is 2.92. The molecule has 3 rings (SSSR count). The molecule has 0 radical (unpaired) electrons. The molecule has 4 heteroatoms. The molecule has 1 saturated heterocycles. The van der Waals surface area contributed by atoms with Crippen LogP contribution in [0.1, 0.15) is 37.3 Å². The smallest absolute Gasteiger partial charge is 0.123 e. The third-order valence-electron chi connectivity index (χ3n) is 3.92. The fraction of sp³-hybridized carbons (Fsp3) is 0.533. The van der Waals surface area contributed by atoms with E-state index in [-0.39, 0.29) is 6.10 Å². The maximum atomic E-state index is 8.96. The van der Waals surface area contributed by atoms with Gasteiger partial charge in [0.15, 0.2) is 0 Å². The monoisotopic (exact) mass is 261 g/mol. The lowest BCUT2D eigenvalue weighted by Gasteiger charge is -2.15. The van der Waals surface area contributed by atoms with Gasteiger partial charge in [-0.3, -0.25) is 0 Å². The first-order valence-electron chi connectivity index (χ1n) is 6.89. The first-order valence-corrected chi connectivity index (χ1v) is 6.89. The summed E-state index contributed by atoms with van der Waals surface area (Å²) in [5, 5.41) is 12.3. The molecular formula is C15H19NO3. The molecular weight excluding hydrogens is 242 g/mol. The predicted octanol–water partition coefficient (Wildman–Crippen LogP) is 2.76. The molecule has 0 saturated carbocycles. The maximum absolute atomic E-state index is 8.96. The standard InChI is InChI=1S/C15H19NO3/c1-10-5-6-11(19-10)9-18-15-4-2-3-12-13(15)7-8-14(12)16-17/h2-4,10-11,17H,5-9H2,1H3/b16-14+. The fourth-order valence-electron chi connectivity index (χ4n) is 2.90. The number of oxime groups is 1. The van der Waals surface area contributed by atoms with Gasteiger partial charge in [0, 0.05) is 11.1 Å². The van der Waals surface area contributed by atoms with Gasteiger partial charge in [0.25, 0.3) is 0 Å². The average molecular weight is 261 g/mol. The van der Waals surface area contributed by atoms with Crippen LogP contribution in [0.5, 0.6) is 5.75 Å². The Morgan fingerprint density at radius 3 is 3.00 bits per heavy atom. The topological polar surface area (TPSA) is 51.0 Å². The Kier molecular flexibility index (Phi) is 3.42. The summed E-state index contributed by atoms with van der Waals surface area (Å²) in [6.07, 6.45) is 4.40. The second-order valence-electron chi connectivity index (χ2n) is 5.29. The maximum Gasteiger partial charge on any atom is 0.123 e. The number of nitrogens with zero attached hydrogens (tertiary/aromatic N) is 1. The van der Waals surface area contributed by atoms with E-state index in [0.717, 1.165) is 48.3 Å². The largest absolute Gasteiger partial charge is 0.491 e. The molecule has 2 unspecified atom stereocenters. The van der Waals surface area contributed by atoms with Crippen LogP contribution in [0, 0.1) is 0 Å². The quantitative estimate of drug-likeness (QED) is 0.672. The van der Waals surface area contributed by atoms with Gasteiger partial charge in [-0.05, 0) is 38.7 Å². The van der Waals surface area contributed by atoms with Gasteiger partial charge in [-0.1, -0.05) is 17.3 Å². The lowest BCUT2D eigenvalue weighted by Crippen LogP contribution is -2.18. The summed E-state index contributed by atoms with van der Waals surface area (Å²) < 4.78 is 11.7. The van der Waals surface area contributed by atoms with Gasteiger partial charge in [-0.2, -0.15) is 0 Å². The van der Waals surface area contributed by atoms with Crippen molar-refractivity contribution in [1.82, 2.24) is 0 Å². The summed E-state index contributed by atoms with van der Waals surface area (Å²) >= 11 is 0. The Hall–Kier alpha value is -1.55. The van der Waals surface area contributed by atoms with Crippen LogP contribution in [0.3, 0.4) is 0 Å². The second kappa shape index (κ2) is 5.21. The van der Waals surface area contributed by atoms with Crippen LogP contribution in [0.2, 0.25) is 0 Å². The third-order valence-corrected chi connectivity index (χ3v) is 3.92. The van der Waals surface area contributed by atoms with Gasteiger partial charge in [0.05, 0.1) is 17.9 Å². The highest BCUT2D eigenvalue weighted by Gasteiger charge is 2.25. The molecule has 2 aliphatic rings. The van der Waals surface area contributed by atoms with Gasteiger partial charge >= 0.3 is 0 Å². The van der Waals surface area contributed by atoms with Crippen molar-refractivity contribution in [2.24, 2.45) is 5.16 Å². The summed E-state index contributed by atoms with van der Waals surface area (Å²) in [4.78, 5) is 0. The molecule has 1 fully saturated rings. The van der Waals surface area contributed by atoms with E-state index >= 15 is 0 Å². The molecule has 1 aromatic rings. The van der Waals surface area contributed by atoms with E-state index in [1.54, 1.807) is 0 Å². The lowest BCUT2D eigenvalue weighted by atomic mass is 10.1. The molecule has 0 aromatic heterocycles. The minimum Gasteiger partial charge on any atom is -0.491 e. The zero-order valence-corrected chi connectivity index (χ0v) is 11.1. The van der Waals surface area contributed by atoms with Gasteiger partial charge in [0.1, 0.15) is 12.4 Å². The molecule has 1 aromatic carbocycles. The molecule has 2 atom stereocenters. The minimum absolute atomic E-state index is 0.207. The van der Waals surface area contributed by atoms with E-state index in [1.165, 1.54) is 0 Å². The summed E-state index contributed by atoms with van der Waals surface area (Å²) in [7, 11) is 0. The van der Waals surface area contributed by atoms with Crippen molar-refractivity contribution in [3.8, 4) is 5.75 Å². The Morgan fingerprint density at radius 1 is 1.37 bits per heavy atom. The minimum atomic E-state index is 0.207. The van der Waals surface area contributed by atoms with Crippen molar-refractivity contribution >= 4 is 5.71 Å². The van der Waals surface area contributed by atoms with Crippen molar-refractivity contribution in [3.63, 3.8) is 0 Å². The lowest BCUT2D eigenvalue weighted by molar-refractivity contribution is 0.0263. The van der Waals surface area contributed by atoms with E-state index in [1.807, 2.05) is 18.2 Å². The van der Waals surface area contributed by atoms with Crippen LogP contribution in [0.25, 0.3) is 0 Å². The number of hydrogen-bond acceptors (Lipinski definition) is 4. The first-order chi connectivity index (χ1) is 9.28. The molecule has 102 valence electrons. The Labute approximate surface area is 113 Å². The van der Waals surface area contributed by atoms with E-state index < -0.39 is 0 Å². The SMILES string of the molecule is CC1CCC(COc2cccc3c2CC/C3=N\O)O1. The van der Waals surface area contributed by atoms with Gasteiger partial charge in [-0.15, -0.1) is 0 Å². The second-order valence-corrected chi connectivity index (χ2v) is 5.29. The van der Waals surface area contributed by atoms with Crippen LogP contribution in [-0.2, 0) is 11.2 Å². The highest BCUT2D eigenvalue weighted by molar-refractivity contribution is 6.04. The summed E-state index contributed by atoms with van der Waals surface area (Å²) in [6, 6.07) is 5.92. The van der Waals surface area contributed by atoms with E-state index in [2.05, 4.69) is 12.1 Å². The predicted molar refractivity (Wildman–Crippen MR) is 72.2 cm³/mol. The van der Waals surface area contributed by atoms with Crippen LogP contribution >= 0.6 is 0 Å². The van der Waals surface area contributed by atoms with Crippen LogP contribution < -0.4 is 4.74 Å². The summed E-state index contributed by atoms with van der Waals surface area (Å²) in [6.45, 7) is 2.70. The van der Waals surface area contributed by atoms with Crippen molar-refractivity contribution in [3.05, 3.63) is 29.3 Å². The fourth-order valence-corrected chi connectivity index (χ4v) is 2.90. The molecule has 4 nitrogen and oxygen atoms in total. The zero-order chi connectivity index (χ0) is 13.2. The van der Waals surface area contributed by atoms with E-state index in [0.29, 0.717) is 12.7 Å². The molecule has 1 N–H and O–H groups in total. The van der Waals surface area contributed by atoms with Crippen LogP contribution in [0.4, 0.5) is 0 Å². The molecule has 1 aliphatic carbocycles.